The molecule has 1 aliphatic heterocycles. The summed E-state index contributed by atoms with van der Waals surface area (Å²) in [6, 6.07) is 4.84. The van der Waals surface area contributed by atoms with Gasteiger partial charge in [-0.05, 0) is 101 Å². The van der Waals surface area contributed by atoms with Gasteiger partial charge in [0.1, 0.15) is 60.4 Å². The molecule has 2 aromatic carbocycles. The second-order valence-electron chi connectivity index (χ2n) is 27.9. The number of carbonyl (C=O) groups excluding carboxylic acids is 11. The molecule has 0 saturated carbocycles. The molecule has 5 unspecified atom stereocenters. The summed E-state index contributed by atoms with van der Waals surface area (Å²) in [6.45, 7) is 20.4. The fourth-order valence-corrected chi connectivity index (χ4v) is 12.1. The van der Waals surface area contributed by atoms with Crippen molar-refractivity contribution in [1.82, 2.24) is 60.5 Å². The molecule has 11 amide bonds. The number of rotatable bonds is 38. The number of hydrogen-bond acceptors (Lipinski definition) is 14. The van der Waals surface area contributed by atoms with E-state index in [1.54, 1.807) is 67.7 Å². The molecular weight excluding hydrogens is 1260 g/mol. The van der Waals surface area contributed by atoms with Crippen LogP contribution in [0.1, 0.15) is 145 Å². The number of carboxylic acids is 1. The first kappa shape index (κ1) is 84.2. The summed E-state index contributed by atoms with van der Waals surface area (Å²) in [5.74, 6) is -9.16. The third-order valence-corrected chi connectivity index (χ3v) is 18.8. The van der Waals surface area contributed by atoms with E-state index >= 15 is 14.4 Å². The van der Waals surface area contributed by atoms with Gasteiger partial charge in [0.15, 0.2) is 0 Å². The highest BCUT2D eigenvalue weighted by atomic mass is 16.4. The zero-order chi connectivity index (χ0) is 74.2. The Kier molecular flexibility index (Phi) is 34.5. The summed E-state index contributed by atoms with van der Waals surface area (Å²) >= 11 is 0. The van der Waals surface area contributed by atoms with Crippen LogP contribution in [0, 0.1) is 23.7 Å². The van der Waals surface area contributed by atoms with Gasteiger partial charge in [0.2, 0.25) is 65.0 Å². The van der Waals surface area contributed by atoms with Crippen LogP contribution < -0.4 is 21.3 Å². The number of hydrogen-bond donors (Lipinski definition) is 6. The average molecular weight is 1370 g/mol. The van der Waals surface area contributed by atoms with E-state index < -0.39 is 138 Å². The number of benzene rings is 2. The van der Waals surface area contributed by atoms with Crippen LogP contribution in [0.4, 0.5) is 0 Å². The van der Waals surface area contributed by atoms with Gasteiger partial charge in [0, 0.05) is 88.2 Å². The van der Waals surface area contributed by atoms with Crippen LogP contribution in [0.3, 0.4) is 0 Å². The Labute approximate surface area is 581 Å². The molecule has 1 fully saturated rings. The summed E-state index contributed by atoms with van der Waals surface area (Å²) in [7, 11) is 11.6. The van der Waals surface area contributed by atoms with Crippen molar-refractivity contribution in [3.63, 3.8) is 0 Å². The number of likely N-dealkylation sites (N-methyl/N-ethyl adjacent to an activating group) is 7. The molecule has 12 atom stereocenters. The number of aliphatic hydroxyl groups is 1. The maximum absolute atomic E-state index is 15.2. The van der Waals surface area contributed by atoms with Crippen LogP contribution in [0.2, 0.25) is 0 Å². The molecule has 1 heterocycles. The van der Waals surface area contributed by atoms with Gasteiger partial charge < -0.3 is 70.7 Å². The first-order chi connectivity index (χ1) is 45.9. The molecule has 0 aliphatic carbocycles. The number of likely N-dealkylation sites (tertiary alicyclic amines) is 1. The second kappa shape index (κ2) is 40.2. The number of nitrogens with zero attached hydrogens (tertiary/aromatic N) is 8. The molecule has 1 saturated heterocycles. The summed E-state index contributed by atoms with van der Waals surface area (Å²) < 4.78 is 0. The van der Waals surface area contributed by atoms with Crippen molar-refractivity contribution in [2.24, 2.45) is 23.7 Å². The van der Waals surface area contributed by atoms with Crippen LogP contribution in [0.25, 0.3) is 0 Å². The van der Waals surface area contributed by atoms with Crippen LogP contribution in [0.15, 0.2) is 60.7 Å². The summed E-state index contributed by atoms with van der Waals surface area (Å²) in [4.78, 5) is 182. The van der Waals surface area contributed by atoms with Gasteiger partial charge in [-0.25, -0.2) is 0 Å². The quantitative estimate of drug-likeness (QED) is 0.0561. The first-order valence-electron chi connectivity index (χ1n) is 34.6. The maximum atomic E-state index is 15.2. The van der Waals surface area contributed by atoms with Crippen LogP contribution >= 0.6 is 0 Å². The Morgan fingerprint density at radius 3 is 1.30 bits per heavy atom. The molecule has 2 aromatic rings. The van der Waals surface area contributed by atoms with E-state index in [0.29, 0.717) is 37.2 Å². The van der Waals surface area contributed by atoms with Crippen LogP contribution in [-0.2, 0) is 70.4 Å². The van der Waals surface area contributed by atoms with E-state index in [1.807, 2.05) is 55.4 Å². The Hall–Kier alpha value is -8.00. The van der Waals surface area contributed by atoms with Crippen molar-refractivity contribution in [3.8, 4) is 0 Å². The van der Waals surface area contributed by atoms with Crippen LogP contribution in [0.5, 0.6) is 0 Å². The zero-order valence-corrected chi connectivity index (χ0v) is 61.7. The van der Waals surface area contributed by atoms with Gasteiger partial charge >= 0.3 is 5.97 Å². The lowest BCUT2D eigenvalue weighted by atomic mass is 9.95. The molecule has 548 valence electrons. The first-order valence-corrected chi connectivity index (χ1v) is 34.6. The highest BCUT2D eigenvalue weighted by Gasteiger charge is 2.44. The van der Waals surface area contributed by atoms with E-state index in [-0.39, 0.29) is 68.1 Å². The molecule has 26 nitrogen and oxygen atoms in total. The fourth-order valence-electron chi connectivity index (χ4n) is 12.1. The fraction of sp³-hybridized carbons (Fsp3) is 0.667. The summed E-state index contributed by atoms with van der Waals surface area (Å²) in [5.41, 5.74) is 1.27. The van der Waals surface area contributed by atoms with Gasteiger partial charge in [0.05, 0.1) is 12.5 Å². The highest BCUT2D eigenvalue weighted by Crippen LogP contribution is 2.24. The molecule has 6 N–H and O–H groups in total. The van der Waals surface area contributed by atoms with Gasteiger partial charge in [0.25, 0.3) is 0 Å². The lowest BCUT2D eigenvalue weighted by molar-refractivity contribution is -0.155. The third-order valence-electron chi connectivity index (χ3n) is 18.8. The number of aliphatic hydroxyl groups excluding tert-OH is 1. The molecular formula is C72H116N12O14. The van der Waals surface area contributed by atoms with E-state index in [1.165, 1.54) is 99.5 Å². The predicted octanol–water partition coefficient (Wildman–Crippen LogP) is 3.42. The van der Waals surface area contributed by atoms with E-state index in [2.05, 4.69) is 21.3 Å². The minimum atomic E-state index is -1.70. The van der Waals surface area contributed by atoms with Crippen molar-refractivity contribution in [2.75, 3.05) is 76.0 Å². The molecule has 3 rings (SSSR count). The largest absolute Gasteiger partial charge is 0.481 e. The molecule has 0 aromatic heterocycles. The van der Waals surface area contributed by atoms with E-state index in [4.69, 9.17) is 0 Å². The van der Waals surface area contributed by atoms with Gasteiger partial charge in [-0.2, -0.15) is 0 Å². The number of amides is 11. The average Bonchev–Trinajstić information content (AvgIpc) is 0.815. The third kappa shape index (κ3) is 24.2. The SMILES string of the molecule is CC[C@H](C)C(NC(=O)CCNC)C(=O)N(C)[C@@H](CC(C)C)C(=O)N(C)[C@@H](C)C(=O)N(C)C(CC(C)C)C(=O)N[C@H](C(=O)N(C)[C@@H](Cc1ccccc1)C(=O)N(C)[C@@H](C)C(=O)N(C)C(CC(C)C)C(=O)N(C)C(Cc1ccccc1)C(=O)NC(CC(=O)O)C(=O)N1CCCCC1)[C@@H](C)O. The van der Waals surface area contributed by atoms with Crippen molar-refractivity contribution in [1.29, 1.82) is 0 Å². The minimum Gasteiger partial charge on any atom is -0.481 e. The zero-order valence-electron chi connectivity index (χ0n) is 61.7. The molecule has 0 spiro atoms. The monoisotopic (exact) mass is 1370 g/mol. The van der Waals surface area contributed by atoms with E-state index in [0.717, 1.165) is 29.1 Å². The Morgan fingerprint density at radius 2 is 0.857 bits per heavy atom. The lowest BCUT2D eigenvalue weighted by Crippen LogP contribution is -2.62. The summed E-state index contributed by atoms with van der Waals surface area (Å²) in [6.07, 6.45) is 1.04. The normalized spacial score (nSPS) is 16.1. The number of carboxylic acid groups (broad SMARTS) is 1. The number of piperidine rings is 1. The van der Waals surface area contributed by atoms with Crippen molar-refractivity contribution in [3.05, 3.63) is 71.8 Å². The highest BCUT2D eigenvalue weighted by molar-refractivity contribution is 5.99. The minimum absolute atomic E-state index is 0.0388. The lowest BCUT2D eigenvalue weighted by Gasteiger charge is -2.39. The Balaban J connectivity index is 1.99. The maximum Gasteiger partial charge on any atom is 0.305 e. The van der Waals surface area contributed by atoms with Crippen LogP contribution in [-0.4, -0.2) is 263 Å². The molecule has 0 radical (unpaired) electrons. The molecule has 0 bridgehead atoms. The Bertz CT molecular complexity index is 2980. The van der Waals surface area contributed by atoms with Gasteiger partial charge in [-0.3, -0.25) is 57.5 Å². The van der Waals surface area contributed by atoms with Crippen molar-refractivity contribution < 1.29 is 67.7 Å². The van der Waals surface area contributed by atoms with Gasteiger partial charge in [-0.1, -0.05) is 122 Å². The van der Waals surface area contributed by atoms with Crippen molar-refractivity contribution >= 4 is 70.9 Å². The molecule has 98 heavy (non-hydrogen) atoms. The standard InChI is InChI=1S/C72H116N12O14/c1-20-47(8)61(75-59(86)34-35-73-12)71(97)82(18)56(39-45(4)5)68(94)77(13)48(9)65(91)79(15)54(38-44(2)3)64(90)76-62(50(11)85)72(98)83(19)58(42-52-32-26-22-27-33-52)69(95)78(14)49(10)66(92)81(17)57(40-46(6)7)70(96)80(16)55(41-51-30-24-21-25-31-51)63(89)74-53(43-60(87)88)67(93)84-36-28-23-29-37-84/h21-22,24-27,30-33,44-50,53-58,61-62,73,85H,20,23,28-29,34-43H2,1-19H3,(H,74,89)(H,75,86)(H,76,90)(H,87,88)/t47-,48-,49-,50+,53?,54?,55?,56-,57?,58-,61?,62-/m0/s1. The molecule has 1 aliphatic rings. The molecule has 26 heteroatoms. The summed E-state index contributed by atoms with van der Waals surface area (Å²) in [5, 5.41) is 32.4. The topological polar surface area (TPSA) is 319 Å². The smallest absolute Gasteiger partial charge is 0.305 e. The van der Waals surface area contributed by atoms with E-state index in [9.17, 15) is 53.4 Å². The van der Waals surface area contributed by atoms with Crippen molar-refractivity contribution in [2.45, 2.75) is 213 Å². The second-order valence-corrected chi connectivity index (χ2v) is 27.9. The van der Waals surface area contributed by atoms with Gasteiger partial charge in [-0.15, -0.1) is 0 Å². The number of aliphatic carboxylic acids is 1. The predicted molar refractivity (Wildman–Crippen MR) is 374 cm³/mol. The Morgan fingerprint density at radius 1 is 0.469 bits per heavy atom. The number of nitrogens with one attached hydrogen (secondary N) is 4. The number of carbonyl (C=O) groups is 12.